The first-order chi connectivity index (χ1) is 18.5. The average molecular weight is 558 g/mol. The SMILES string of the molecule is O=C(Nc1ccc(N2CCCC2)c(S(=O)(=O)Nc2cccc(C(F)(F)F)c2)c1)c1cc2ccccc2oc1=O. The Kier molecular flexibility index (Phi) is 6.81. The number of alkyl halides is 3. The van der Waals surface area contributed by atoms with E-state index in [0.717, 1.165) is 25.0 Å². The third kappa shape index (κ3) is 5.60. The van der Waals surface area contributed by atoms with Crippen molar-refractivity contribution in [3.63, 3.8) is 0 Å². The minimum Gasteiger partial charge on any atom is -0.422 e. The summed E-state index contributed by atoms with van der Waals surface area (Å²) in [7, 11) is -4.39. The lowest BCUT2D eigenvalue weighted by Gasteiger charge is -2.22. The third-order valence-electron chi connectivity index (χ3n) is 6.28. The molecule has 0 bridgehead atoms. The fraction of sp³-hybridized carbons (Fsp3) is 0.185. The van der Waals surface area contributed by atoms with Crippen LogP contribution in [0.3, 0.4) is 0 Å². The van der Waals surface area contributed by atoms with E-state index in [9.17, 15) is 31.2 Å². The number of rotatable bonds is 6. The van der Waals surface area contributed by atoms with Crippen molar-refractivity contribution in [1.29, 1.82) is 0 Å². The van der Waals surface area contributed by atoms with Crippen molar-refractivity contribution in [1.82, 2.24) is 0 Å². The summed E-state index contributed by atoms with van der Waals surface area (Å²) in [5.41, 5.74) is -1.68. The van der Waals surface area contributed by atoms with E-state index < -0.39 is 33.3 Å². The first-order valence-corrected chi connectivity index (χ1v) is 13.4. The first kappa shape index (κ1) is 26.3. The molecule has 0 unspecified atom stereocenters. The van der Waals surface area contributed by atoms with Crippen molar-refractivity contribution >= 4 is 44.0 Å². The number of nitrogens with one attached hydrogen (secondary N) is 2. The summed E-state index contributed by atoms with van der Waals surface area (Å²) in [6.07, 6.45) is -2.96. The summed E-state index contributed by atoms with van der Waals surface area (Å²) in [5.74, 6) is -0.808. The molecule has 2 heterocycles. The molecule has 202 valence electrons. The maximum absolute atomic E-state index is 13.5. The van der Waals surface area contributed by atoms with Crippen molar-refractivity contribution in [2.45, 2.75) is 23.9 Å². The second kappa shape index (κ2) is 10.1. The summed E-state index contributed by atoms with van der Waals surface area (Å²) in [6.45, 7) is 1.19. The van der Waals surface area contributed by atoms with Crippen LogP contribution in [-0.2, 0) is 16.2 Å². The van der Waals surface area contributed by atoms with Gasteiger partial charge < -0.3 is 14.6 Å². The molecule has 0 atom stereocenters. The van der Waals surface area contributed by atoms with Gasteiger partial charge >= 0.3 is 11.8 Å². The molecular formula is C27H22F3N3O5S. The maximum Gasteiger partial charge on any atom is 0.416 e. The van der Waals surface area contributed by atoms with E-state index in [1.54, 1.807) is 24.3 Å². The van der Waals surface area contributed by atoms with E-state index in [0.29, 0.717) is 35.8 Å². The number of para-hydroxylation sites is 1. The standard InChI is InChI=1S/C27H22F3N3O5S/c28-27(29,30)18-7-5-8-20(15-18)32-39(36,37)24-16-19(10-11-22(24)33-12-3-4-13-33)31-25(34)21-14-17-6-1-2-9-23(17)38-26(21)35/h1-2,5-11,14-16,32H,3-4,12-13H2,(H,31,34). The molecule has 1 aromatic heterocycles. The van der Waals surface area contributed by atoms with Crippen LogP contribution in [0.25, 0.3) is 11.0 Å². The van der Waals surface area contributed by atoms with Crippen LogP contribution in [0.2, 0.25) is 0 Å². The highest BCUT2D eigenvalue weighted by atomic mass is 32.2. The molecule has 0 spiro atoms. The zero-order valence-corrected chi connectivity index (χ0v) is 21.1. The molecule has 1 aliphatic heterocycles. The lowest BCUT2D eigenvalue weighted by atomic mass is 10.1. The summed E-state index contributed by atoms with van der Waals surface area (Å²) in [6, 6.07) is 16.1. The van der Waals surface area contributed by atoms with E-state index in [2.05, 4.69) is 10.0 Å². The van der Waals surface area contributed by atoms with Crippen LogP contribution < -0.4 is 20.6 Å². The van der Waals surface area contributed by atoms with Crippen molar-refractivity contribution in [3.8, 4) is 0 Å². The molecule has 39 heavy (non-hydrogen) atoms. The minimum atomic E-state index is -4.65. The molecule has 4 aromatic rings. The van der Waals surface area contributed by atoms with Gasteiger partial charge in [-0.2, -0.15) is 13.2 Å². The normalized spacial score (nSPS) is 14.0. The number of carbonyl (C=O) groups excluding carboxylic acids is 1. The molecule has 0 saturated carbocycles. The second-order valence-corrected chi connectivity index (χ2v) is 10.7. The van der Waals surface area contributed by atoms with E-state index in [-0.39, 0.29) is 21.8 Å². The predicted octanol–water partition coefficient (Wildman–Crippen LogP) is 5.47. The van der Waals surface area contributed by atoms with Gasteiger partial charge in [0.2, 0.25) is 0 Å². The third-order valence-corrected chi connectivity index (χ3v) is 7.69. The fourth-order valence-electron chi connectivity index (χ4n) is 4.41. The molecule has 1 saturated heterocycles. The Morgan fingerprint density at radius 3 is 2.38 bits per heavy atom. The Bertz CT molecular complexity index is 1730. The molecule has 5 rings (SSSR count). The van der Waals surface area contributed by atoms with Gasteiger partial charge in [-0.25, -0.2) is 13.2 Å². The number of anilines is 3. The van der Waals surface area contributed by atoms with Crippen LogP contribution in [0.5, 0.6) is 0 Å². The number of benzene rings is 3. The van der Waals surface area contributed by atoms with E-state index in [4.69, 9.17) is 4.42 Å². The quantitative estimate of drug-likeness (QED) is 0.305. The summed E-state index contributed by atoms with van der Waals surface area (Å²) < 4.78 is 73.8. The van der Waals surface area contributed by atoms with Crippen LogP contribution in [0.1, 0.15) is 28.8 Å². The monoisotopic (exact) mass is 557 g/mol. The number of fused-ring (bicyclic) bond motifs is 1. The predicted molar refractivity (Wildman–Crippen MR) is 141 cm³/mol. The van der Waals surface area contributed by atoms with Crippen LogP contribution in [-0.4, -0.2) is 27.4 Å². The number of sulfonamides is 1. The second-order valence-electron chi connectivity index (χ2n) is 9.00. The van der Waals surface area contributed by atoms with Crippen molar-refractivity contribution in [2.75, 3.05) is 28.0 Å². The van der Waals surface area contributed by atoms with E-state index in [1.165, 1.54) is 30.3 Å². The Balaban J connectivity index is 1.50. The molecule has 1 fully saturated rings. The average Bonchev–Trinajstić information content (AvgIpc) is 3.42. The lowest BCUT2D eigenvalue weighted by Crippen LogP contribution is -2.24. The van der Waals surface area contributed by atoms with Gasteiger partial charge in [-0.3, -0.25) is 9.52 Å². The number of carbonyl (C=O) groups is 1. The van der Waals surface area contributed by atoms with Gasteiger partial charge in [-0.05, 0) is 61.4 Å². The topological polar surface area (TPSA) is 109 Å². The smallest absolute Gasteiger partial charge is 0.416 e. The Hall–Kier alpha value is -4.32. The lowest BCUT2D eigenvalue weighted by molar-refractivity contribution is -0.137. The number of hydrogen-bond acceptors (Lipinski definition) is 6. The number of nitrogens with zero attached hydrogens (tertiary/aromatic N) is 1. The summed E-state index contributed by atoms with van der Waals surface area (Å²) in [5, 5.41) is 3.06. The molecule has 3 aromatic carbocycles. The first-order valence-electron chi connectivity index (χ1n) is 11.9. The minimum absolute atomic E-state index is 0.0694. The Morgan fingerprint density at radius 2 is 1.64 bits per heavy atom. The van der Waals surface area contributed by atoms with Gasteiger partial charge in [0.25, 0.3) is 15.9 Å². The highest BCUT2D eigenvalue weighted by Crippen LogP contribution is 2.34. The number of amides is 1. The van der Waals surface area contributed by atoms with Crippen LogP contribution in [0, 0.1) is 0 Å². The van der Waals surface area contributed by atoms with Gasteiger partial charge in [0.15, 0.2) is 0 Å². The largest absolute Gasteiger partial charge is 0.422 e. The molecule has 2 N–H and O–H groups in total. The van der Waals surface area contributed by atoms with Crippen molar-refractivity contribution in [2.24, 2.45) is 0 Å². The molecular weight excluding hydrogens is 535 g/mol. The summed E-state index contributed by atoms with van der Waals surface area (Å²) in [4.78, 5) is 27.0. The van der Waals surface area contributed by atoms with Crippen LogP contribution in [0.15, 0.2) is 86.9 Å². The summed E-state index contributed by atoms with van der Waals surface area (Å²) >= 11 is 0. The molecule has 0 aliphatic carbocycles. The fourth-order valence-corrected chi connectivity index (χ4v) is 5.72. The molecule has 0 radical (unpaired) electrons. The Labute approximate surface area is 221 Å². The van der Waals surface area contributed by atoms with Gasteiger partial charge in [0, 0.05) is 29.9 Å². The van der Waals surface area contributed by atoms with Crippen molar-refractivity contribution < 1.29 is 30.8 Å². The van der Waals surface area contributed by atoms with E-state index in [1.807, 2.05) is 4.90 Å². The van der Waals surface area contributed by atoms with Gasteiger partial charge in [0.1, 0.15) is 16.0 Å². The van der Waals surface area contributed by atoms with Crippen molar-refractivity contribution in [3.05, 3.63) is 94.3 Å². The highest BCUT2D eigenvalue weighted by Gasteiger charge is 2.31. The molecule has 1 aliphatic rings. The van der Waals surface area contributed by atoms with Gasteiger partial charge in [-0.15, -0.1) is 0 Å². The number of halogens is 3. The van der Waals surface area contributed by atoms with E-state index >= 15 is 0 Å². The zero-order valence-electron chi connectivity index (χ0n) is 20.3. The zero-order chi connectivity index (χ0) is 27.8. The highest BCUT2D eigenvalue weighted by molar-refractivity contribution is 7.92. The maximum atomic E-state index is 13.5. The van der Waals surface area contributed by atoms with Crippen LogP contribution in [0.4, 0.5) is 30.2 Å². The molecule has 12 heteroatoms. The molecule has 8 nitrogen and oxygen atoms in total. The van der Waals surface area contributed by atoms with Gasteiger partial charge in [0.05, 0.1) is 11.3 Å². The number of hydrogen-bond donors (Lipinski definition) is 2. The molecule has 1 amide bonds. The Morgan fingerprint density at radius 1 is 0.897 bits per heavy atom. The van der Waals surface area contributed by atoms with Crippen LogP contribution >= 0.6 is 0 Å². The van der Waals surface area contributed by atoms with Gasteiger partial charge in [-0.1, -0.05) is 24.3 Å².